The van der Waals surface area contributed by atoms with Gasteiger partial charge < -0.3 is 10.5 Å². The van der Waals surface area contributed by atoms with Crippen LogP contribution in [0.4, 0.5) is 10.2 Å². The van der Waals surface area contributed by atoms with E-state index in [9.17, 15) is 9.18 Å². The summed E-state index contributed by atoms with van der Waals surface area (Å²) in [5.74, 6) is -1.01. The number of rotatable bonds is 2. The van der Waals surface area contributed by atoms with Crippen molar-refractivity contribution < 1.29 is 13.9 Å². The number of ether oxygens (including phenoxy) is 1. The second kappa shape index (κ2) is 4.79. The van der Waals surface area contributed by atoms with Crippen molar-refractivity contribution in [3.8, 4) is 11.4 Å². The number of esters is 1. The molecule has 1 aromatic heterocycles. The number of methoxy groups -OCH3 is 1. The number of hydrogen-bond acceptors (Lipinski definition) is 5. The van der Waals surface area contributed by atoms with Gasteiger partial charge >= 0.3 is 5.97 Å². The number of carbonyl (C=O) groups excluding carboxylic acids is 1. The molecule has 0 aliphatic rings. The molecule has 2 N–H and O–H groups in total. The lowest BCUT2D eigenvalue weighted by Crippen LogP contribution is -2.09. The van der Waals surface area contributed by atoms with Crippen LogP contribution in [-0.2, 0) is 4.74 Å². The van der Waals surface area contributed by atoms with Gasteiger partial charge in [-0.1, -0.05) is 12.1 Å². The van der Waals surface area contributed by atoms with E-state index in [0.717, 1.165) is 0 Å². The number of nitrogens with two attached hydrogens (primary N) is 1. The highest BCUT2D eigenvalue weighted by Crippen LogP contribution is 2.20. The van der Waals surface area contributed by atoms with E-state index in [1.54, 1.807) is 12.1 Å². The van der Waals surface area contributed by atoms with Crippen molar-refractivity contribution in [1.82, 2.24) is 9.97 Å². The van der Waals surface area contributed by atoms with Crippen LogP contribution in [0.1, 0.15) is 10.4 Å². The summed E-state index contributed by atoms with van der Waals surface area (Å²) in [6.07, 6.45) is 1.22. The van der Waals surface area contributed by atoms with Crippen molar-refractivity contribution in [1.29, 1.82) is 0 Å². The van der Waals surface area contributed by atoms with E-state index in [4.69, 9.17) is 5.73 Å². The monoisotopic (exact) mass is 247 g/mol. The Bertz CT molecular complexity index is 602. The maximum absolute atomic E-state index is 13.5. The molecule has 0 fully saturated rings. The third kappa shape index (κ3) is 2.13. The van der Waals surface area contributed by atoms with E-state index in [2.05, 4.69) is 14.7 Å². The third-order valence-corrected chi connectivity index (χ3v) is 2.34. The van der Waals surface area contributed by atoms with Crippen molar-refractivity contribution in [3.63, 3.8) is 0 Å². The summed E-state index contributed by atoms with van der Waals surface area (Å²) in [6.45, 7) is 0. The Morgan fingerprint density at radius 3 is 2.72 bits per heavy atom. The van der Waals surface area contributed by atoms with Crippen LogP contribution in [0.25, 0.3) is 11.4 Å². The molecule has 0 aliphatic heterocycles. The molecule has 0 spiro atoms. The Balaban J connectivity index is 2.47. The van der Waals surface area contributed by atoms with E-state index in [1.165, 1.54) is 25.4 Å². The quantitative estimate of drug-likeness (QED) is 0.816. The van der Waals surface area contributed by atoms with Gasteiger partial charge in [-0.15, -0.1) is 0 Å². The largest absolute Gasteiger partial charge is 0.465 e. The molecule has 0 amide bonds. The van der Waals surface area contributed by atoms with Gasteiger partial charge in [0.2, 0.25) is 0 Å². The topological polar surface area (TPSA) is 78.1 Å². The van der Waals surface area contributed by atoms with Gasteiger partial charge in [0.1, 0.15) is 17.2 Å². The molecule has 2 rings (SSSR count). The van der Waals surface area contributed by atoms with Crippen LogP contribution in [0.15, 0.2) is 30.5 Å². The van der Waals surface area contributed by atoms with E-state index >= 15 is 0 Å². The average Bonchev–Trinajstić information content (AvgIpc) is 2.38. The Morgan fingerprint density at radius 1 is 1.39 bits per heavy atom. The molecule has 92 valence electrons. The van der Waals surface area contributed by atoms with Crippen molar-refractivity contribution in [2.24, 2.45) is 0 Å². The first-order chi connectivity index (χ1) is 8.63. The SMILES string of the molecule is COC(=O)c1cnc(-c2ccccc2F)nc1N. The van der Waals surface area contributed by atoms with Gasteiger partial charge in [-0.3, -0.25) is 0 Å². The summed E-state index contributed by atoms with van der Waals surface area (Å²) in [6, 6.07) is 6.04. The molecule has 5 nitrogen and oxygen atoms in total. The molecule has 0 unspecified atom stereocenters. The zero-order valence-corrected chi connectivity index (χ0v) is 9.55. The fourth-order valence-electron chi connectivity index (χ4n) is 1.43. The van der Waals surface area contributed by atoms with Crippen LogP contribution < -0.4 is 5.73 Å². The number of aromatic nitrogens is 2. The highest BCUT2D eigenvalue weighted by atomic mass is 19.1. The standard InChI is InChI=1S/C12H10FN3O2/c1-18-12(17)8-6-15-11(16-10(8)14)7-4-2-3-5-9(7)13/h2-6H,1H3,(H2,14,15,16). The maximum atomic E-state index is 13.5. The molecular formula is C12H10FN3O2. The average molecular weight is 247 g/mol. The van der Waals surface area contributed by atoms with Crippen molar-refractivity contribution in [2.75, 3.05) is 12.8 Å². The third-order valence-electron chi connectivity index (χ3n) is 2.34. The first-order valence-corrected chi connectivity index (χ1v) is 5.09. The number of halogens is 1. The van der Waals surface area contributed by atoms with Gasteiger partial charge in [-0.25, -0.2) is 19.2 Å². The number of benzene rings is 1. The van der Waals surface area contributed by atoms with Crippen molar-refractivity contribution >= 4 is 11.8 Å². The summed E-state index contributed by atoms with van der Waals surface area (Å²) >= 11 is 0. The minimum atomic E-state index is -0.632. The van der Waals surface area contributed by atoms with Gasteiger partial charge in [-0.2, -0.15) is 0 Å². The minimum absolute atomic E-state index is 0.0462. The van der Waals surface area contributed by atoms with Gasteiger partial charge in [0.05, 0.1) is 12.7 Å². The molecule has 0 saturated heterocycles. The van der Waals surface area contributed by atoms with E-state index < -0.39 is 11.8 Å². The van der Waals surface area contributed by atoms with Crippen LogP contribution in [0.3, 0.4) is 0 Å². The number of nitrogens with zero attached hydrogens (tertiary/aromatic N) is 2. The van der Waals surface area contributed by atoms with Crippen LogP contribution in [-0.4, -0.2) is 23.0 Å². The predicted molar refractivity (Wildman–Crippen MR) is 63.2 cm³/mol. The molecule has 0 aliphatic carbocycles. The first kappa shape index (κ1) is 12.0. The number of anilines is 1. The Morgan fingerprint density at radius 2 is 2.11 bits per heavy atom. The maximum Gasteiger partial charge on any atom is 0.343 e. The number of carbonyl (C=O) groups is 1. The second-order valence-electron chi connectivity index (χ2n) is 3.46. The summed E-state index contributed by atoms with van der Waals surface area (Å²) in [5.41, 5.74) is 5.89. The Hall–Kier alpha value is -2.50. The lowest BCUT2D eigenvalue weighted by Gasteiger charge is -2.05. The Labute approximate surface area is 102 Å². The molecule has 1 heterocycles. The van der Waals surface area contributed by atoms with Gasteiger partial charge in [0.15, 0.2) is 5.82 Å². The molecule has 0 saturated carbocycles. The van der Waals surface area contributed by atoms with Crippen LogP contribution in [0.5, 0.6) is 0 Å². The first-order valence-electron chi connectivity index (χ1n) is 5.09. The van der Waals surface area contributed by atoms with E-state index in [1.807, 2.05) is 0 Å². The summed E-state index contributed by atoms with van der Waals surface area (Å²) in [5, 5.41) is 0. The lowest BCUT2D eigenvalue weighted by atomic mass is 10.2. The predicted octanol–water partition coefficient (Wildman–Crippen LogP) is 1.65. The van der Waals surface area contributed by atoms with Gasteiger partial charge in [-0.05, 0) is 12.1 Å². The van der Waals surface area contributed by atoms with E-state index in [-0.39, 0.29) is 22.8 Å². The number of hydrogen-bond donors (Lipinski definition) is 1. The molecule has 1 aromatic carbocycles. The van der Waals surface area contributed by atoms with Crippen LogP contribution >= 0.6 is 0 Å². The molecular weight excluding hydrogens is 237 g/mol. The zero-order chi connectivity index (χ0) is 13.1. The summed E-state index contributed by atoms with van der Waals surface area (Å²) < 4.78 is 18.0. The Kier molecular flexibility index (Phi) is 3.18. The lowest BCUT2D eigenvalue weighted by molar-refractivity contribution is 0.0601. The van der Waals surface area contributed by atoms with Crippen molar-refractivity contribution in [2.45, 2.75) is 0 Å². The molecule has 6 heteroatoms. The fraction of sp³-hybridized carbons (Fsp3) is 0.0833. The zero-order valence-electron chi connectivity index (χ0n) is 9.55. The molecule has 0 bridgehead atoms. The normalized spacial score (nSPS) is 10.1. The van der Waals surface area contributed by atoms with Crippen molar-refractivity contribution in [3.05, 3.63) is 41.8 Å². The van der Waals surface area contributed by atoms with Gasteiger partial charge in [0.25, 0.3) is 0 Å². The highest BCUT2D eigenvalue weighted by Gasteiger charge is 2.14. The van der Waals surface area contributed by atoms with Crippen LogP contribution in [0.2, 0.25) is 0 Å². The minimum Gasteiger partial charge on any atom is -0.465 e. The second-order valence-corrected chi connectivity index (χ2v) is 3.46. The molecule has 2 aromatic rings. The van der Waals surface area contributed by atoms with Crippen LogP contribution in [0, 0.1) is 5.82 Å². The molecule has 0 radical (unpaired) electrons. The summed E-state index contributed by atoms with van der Waals surface area (Å²) in [4.78, 5) is 19.1. The number of nitrogen functional groups attached to an aromatic ring is 1. The smallest absolute Gasteiger partial charge is 0.343 e. The van der Waals surface area contributed by atoms with Gasteiger partial charge in [0, 0.05) is 6.20 Å². The fourth-order valence-corrected chi connectivity index (χ4v) is 1.43. The summed E-state index contributed by atoms with van der Waals surface area (Å²) in [7, 11) is 1.23. The van der Waals surface area contributed by atoms with E-state index in [0.29, 0.717) is 0 Å². The molecule has 18 heavy (non-hydrogen) atoms. The highest BCUT2D eigenvalue weighted by molar-refractivity contribution is 5.93. The molecule has 0 atom stereocenters.